The van der Waals surface area contributed by atoms with Gasteiger partial charge in [0, 0.05) is 16.9 Å². The lowest BCUT2D eigenvalue weighted by Gasteiger charge is -2.15. The van der Waals surface area contributed by atoms with Gasteiger partial charge in [0.15, 0.2) is 0 Å². The molecule has 0 bridgehead atoms. The van der Waals surface area contributed by atoms with Gasteiger partial charge < -0.3 is 10.6 Å². The summed E-state index contributed by atoms with van der Waals surface area (Å²) in [6.07, 6.45) is 3.77. The average Bonchev–Trinajstić information content (AvgIpc) is 2.72. The number of aliphatic imine (C=N–C) groups is 2. The van der Waals surface area contributed by atoms with E-state index in [1.807, 2.05) is 69.3 Å². The Kier molecular flexibility index (Phi) is 8.16. The van der Waals surface area contributed by atoms with Crippen LogP contribution in [0.3, 0.4) is 0 Å². The lowest BCUT2D eigenvalue weighted by molar-refractivity contribution is 1.09. The Hall–Kier alpha value is -3.40. The third kappa shape index (κ3) is 6.61. The maximum atomic E-state index is 4.64. The van der Waals surface area contributed by atoms with Crippen molar-refractivity contribution in [2.45, 2.75) is 27.7 Å². The fraction of sp³-hybridized carbons (Fsp3) is 0.200. The molecule has 2 aromatic rings. The molecular formula is C25H30N4. The monoisotopic (exact) mass is 386 g/mol. The van der Waals surface area contributed by atoms with Crippen molar-refractivity contribution < 1.29 is 0 Å². The Morgan fingerprint density at radius 1 is 1.03 bits per heavy atom. The first-order chi connectivity index (χ1) is 14.0. The maximum Gasteiger partial charge on any atom is 0.139 e. The number of hydrogen-bond acceptors (Lipinski definition) is 4. The number of hydrogen-bond donors (Lipinski definition) is 2. The number of allylic oxidation sites excluding steroid dienone is 1. The summed E-state index contributed by atoms with van der Waals surface area (Å²) < 4.78 is 0. The van der Waals surface area contributed by atoms with Crippen LogP contribution in [-0.4, -0.2) is 18.2 Å². The van der Waals surface area contributed by atoms with E-state index < -0.39 is 0 Å². The number of anilines is 1. The predicted octanol–water partition coefficient (Wildman–Crippen LogP) is 5.94. The number of nitrogens with one attached hydrogen (secondary N) is 2. The summed E-state index contributed by atoms with van der Waals surface area (Å²) in [7, 11) is 0. The van der Waals surface area contributed by atoms with Gasteiger partial charge >= 0.3 is 0 Å². The molecule has 0 fully saturated rings. The molecule has 0 amide bonds. The third-order valence-electron chi connectivity index (χ3n) is 4.12. The standard InChI is InChI=1S/C23H24N4.C2H6/c1-5-19-7-6-8-21(14-19)24-15-22-13-17(3)25-23(27-18(4)26-22)20-11-9-16(2)10-12-20;1-2/h5-14,24H,1,3,15H2,2,4H3,(H,25,26,27);1-2H3/b22-13-;. The first-order valence-corrected chi connectivity index (χ1v) is 9.87. The summed E-state index contributed by atoms with van der Waals surface area (Å²) in [5.74, 6) is 1.45. The van der Waals surface area contributed by atoms with Crippen LogP contribution in [0, 0.1) is 6.92 Å². The molecule has 2 aromatic carbocycles. The minimum absolute atomic E-state index is 0.577. The van der Waals surface area contributed by atoms with Gasteiger partial charge in [0.05, 0.1) is 12.2 Å². The van der Waals surface area contributed by atoms with Gasteiger partial charge in [-0.2, -0.15) is 0 Å². The second-order valence-corrected chi connectivity index (χ2v) is 6.45. The van der Waals surface area contributed by atoms with Crippen LogP contribution in [0.25, 0.3) is 6.08 Å². The summed E-state index contributed by atoms with van der Waals surface area (Å²) >= 11 is 0. The van der Waals surface area contributed by atoms with E-state index >= 15 is 0 Å². The van der Waals surface area contributed by atoms with Crippen molar-refractivity contribution in [3.8, 4) is 0 Å². The summed E-state index contributed by atoms with van der Waals surface area (Å²) in [6, 6.07) is 16.3. The minimum Gasteiger partial charge on any atom is -0.379 e. The van der Waals surface area contributed by atoms with Crippen LogP contribution >= 0.6 is 0 Å². The van der Waals surface area contributed by atoms with Crippen LogP contribution in [0.4, 0.5) is 5.69 Å². The molecule has 29 heavy (non-hydrogen) atoms. The Morgan fingerprint density at radius 2 is 1.76 bits per heavy atom. The summed E-state index contributed by atoms with van der Waals surface area (Å²) in [5, 5.41) is 6.68. The van der Waals surface area contributed by atoms with Crippen molar-refractivity contribution in [3.05, 3.63) is 95.8 Å². The van der Waals surface area contributed by atoms with Crippen molar-refractivity contribution in [3.63, 3.8) is 0 Å². The SMILES string of the molecule is C=Cc1cccc(NC/C2=C/C(=C)NC(c3ccc(C)cc3)=NC(C)=N2)c1.CC. The lowest BCUT2D eigenvalue weighted by atomic mass is 10.1. The van der Waals surface area contributed by atoms with Crippen LogP contribution < -0.4 is 10.6 Å². The molecule has 1 heterocycles. The van der Waals surface area contributed by atoms with E-state index in [2.05, 4.69) is 52.8 Å². The van der Waals surface area contributed by atoms with Crippen molar-refractivity contribution in [1.82, 2.24) is 5.32 Å². The first kappa shape index (κ1) is 21.9. The number of benzene rings is 2. The predicted molar refractivity (Wildman–Crippen MR) is 128 cm³/mol. The number of nitrogens with zero attached hydrogens (tertiary/aromatic N) is 2. The molecule has 4 heteroatoms. The van der Waals surface area contributed by atoms with Crippen molar-refractivity contribution in [2.24, 2.45) is 9.98 Å². The number of amidine groups is 2. The zero-order chi connectivity index (χ0) is 21.2. The Bertz CT molecular complexity index is 947. The zero-order valence-corrected chi connectivity index (χ0v) is 17.8. The molecule has 3 rings (SSSR count). The summed E-state index contributed by atoms with van der Waals surface area (Å²) in [5.41, 5.74) is 5.93. The van der Waals surface area contributed by atoms with Crippen LogP contribution in [-0.2, 0) is 0 Å². The van der Waals surface area contributed by atoms with Gasteiger partial charge in [0.1, 0.15) is 11.7 Å². The highest BCUT2D eigenvalue weighted by atomic mass is 15.1. The lowest BCUT2D eigenvalue weighted by Crippen LogP contribution is -2.25. The van der Waals surface area contributed by atoms with E-state index in [4.69, 9.17) is 0 Å². The molecule has 0 saturated heterocycles. The Morgan fingerprint density at radius 3 is 2.45 bits per heavy atom. The highest BCUT2D eigenvalue weighted by Gasteiger charge is 2.09. The summed E-state index contributed by atoms with van der Waals surface area (Å²) in [4.78, 5) is 9.28. The quantitative estimate of drug-likeness (QED) is 0.668. The molecule has 2 N–H and O–H groups in total. The van der Waals surface area contributed by atoms with Crippen molar-refractivity contribution in [2.75, 3.05) is 11.9 Å². The average molecular weight is 387 g/mol. The molecule has 4 nitrogen and oxygen atoms in total. The second kappa shape index (κ2) is 10.8. The topological polar surface area (TPSA) is 48.8 Å². The highest BCUT2D eigenvalue weighted by molar-refractivity contribution is 6.07. The van der Waals surface area contributed by atoms with Gasteiger partial charge in [-0.3, -0.25) is 0 Å². The Balaban J connectivity index is 0.00000145. The van der Waals surface area contributed by atoms with Gasteiger partial charge in [-0.15, -0.1) is 0 Å². The molecule has 0 atom stereocenters. The van der Waals surface area contributed by atoms with Gasteiger partial charge in [-0.05, 0) is 37.6 Å². The third-order valence-corrected chi connectivity index (χ3v) is 4.12. The van der Waals surface area contributed by atoms with Crippen molar-refractivity contribution in [1.29, 1.82) is 0 Å². The molecular weight excluding hydrogens is 356 g/mol. The second-order valence-electron chi connectivity index (χ2n) is 6.45. The molecule has 1 aliphatic rings. The molecule has 150 valence electrons. The minimum atomic E-state index is 0.577. The molecule has 0 unspecified atom stereocenters. The van der Waals surface area contributed by atoms with E-state index in [9.17, 15) is 0 Å². The molecule has 0 radical (unpaired) electrons. The fourth-order valence-corrected chi connectivity index (χ4v) is 2.75. The molecule has 1 aliphatic heterocycles. The number of aryl methyl sites for hydroxylation is 1. The van der Waals surface area contributed by atoms with Crippen molar-refractivity contribution >= 4 is 23.4 Å². The van der Waals surface area contributed by atoms with E-state index in [0.717, 1.165) is 34.0 Å². The Labute approximate surface area is 174 Å². The van der Waals surface area contributed by atoms with Gasteiger partial charge in [-0.1, -0.05) is 75.0 Å². The maximum absolute atomic E-state index is 4.64. The van der Waals surface area contributed by atoms with E-state index in [-0.39, 0.29) is 0 Å². The zero-order valence-electron chi connectivity index (χ0n) is 17.8. The van der Waals surface area contributed by atoms with Crippen LogP contribution in [0.2, 0.25) is 0 Å². The van der Waals surface area contributed by atoms with E-state index in [1.165, 1.54) is 5.56 Å². The van der Waals surface area contributed by atoms with Gasteiger partial charge in [-0.25, -0.2) is 9.98 Å². The van der Waals surface area contributed by atoms with Crippen LogP contribution in [0.15, 0.2) is 89.1 Å². The molecule has 0 spiro atoms. The van der Waals surface area contributed by atoms with Crippen LogP contribution in [0.5, 0.6) is 0 Å². The smallest absolute Gasteiger partial charge is 0.139 e. The molecule has 0 aliphatic carbocycles. The largest absolute Gasteiger partial charge is 0.379 e. The number of rotatable bonds is 5. The first-order valence-electron chi connectivity index (χ1n) is 9.87. The summed E-state index contributed by atoms with van der Waals surface area (Å²) in [6.45, 7) is 16.4. The van der Waals surface area contributed by atoms with E-state index in [1.54, 1.807) is 0 Å². The van der Waals surface area contributed by atoms with E-state index in [0.29, 0.717) is 12.4 Å². The highest BCUT2D eigenvalue weighted by Crippen LogP contribution is 2.14. The normalized spacial score (nSPS) is 15.2. The van der Waals surface area contributed by atoms with Crippen LogP contribution in [0.1, 0.15) is 37.5 Å². The van der Waals surface area contributed by atoms with Gasteiger partial charge in [0.2, 0.25) is 0 Å². The van der Waals surface area contributed by atoms with Gasteiger partial charge in [0.25, 0.3) is 0 Å². The molecule has 0 aromatic heterocycles. The molecule has 0 saturated carbocycles. The fourth-order valence-electron chi connectivity index (χ4n) is 2.75.